The van der Waals surface area contributed by atoms with E-state index in [-0.39, 0.29) is 11.6 Å². The molecule has 0 aliphatic carbocycles. The molecule has 35 heavy (non-hydrogen) atoms. The summed E-state index contributed by atoms with van der Waals surface area (Å²) < 4.78 is 3.46. The van der Waals surface area contributed by atoms with Crippen LogP contribution in [-0.2, 0) is 0 Å². The fourth-order valence-corrected chi connectivity index (χ4v) is 28.3. The van der Waals surface area contributed by atoms with E-state index in [1.807, 2.05) is 6.07 Å². The molecule has 2 aromatic rings. The summed E-state index contributed by atoms with van der Waals surface area (Å²) in [6.45, 7) is 27.9. The number of Topliss-reactive ketones (excluding diaryl/α,β-unsaturated/α-hetero) is 2. The van der Waals surface area contributed by atoms with E-state index in [2.05, 4.69) is 111 Å². The smallest absolute Gasteiger partial charge is 0.245 e. The molecule has 0 bridgehead atoms. The van der Waals surface area contributed by atoms with E-state index < -0.39 is 16.1 Å². The van der Waals surface area contributed by atoms with Crippen LogP contribution in [0.5, 0.6) is 0 Å². The molecule has 2 rings (SSSR count). The molecule has 0 aromatic carbocycles. The molecule has 196 valence electrons. The van der Waals surface area contributed by atoms with Crippen LogP contribution in [-0.4, -0.2) is 27.7 Å². The van der Waals surface area contributed by atoms with Crippen LogP contribution in [0.1, 0.15) is 102 Å². The monoisotopic (exact) mass is 612 g/mol. The second-order valence-corrected chi connectivity index (χ2v) is 27.4. The number of ketones is 2. The summed E-state index contributed by atoms with van der Waals surface area (Å²) in [4.78, 5) is 28.2. The number of rotatable bonds is 11. The van der Waals surface area contributed by atoms with Gasteiger partial charge in [0.1, 0.15) is 16.1 Å². The molecular weight excluding hydrogens is 569 g/mol. The number of carbonyl (C=O) groups is 2. The van der Waals surface area contributed by atoms with Gasteiger partial charge in [0.2, 0.25) is 11.6 Å². The highest BCUT2D eigenvalue weighted by atomic mass is 79.9. The molecule has 0 aliphatic heterocycles. The van der Waals surface area contributed by atoms with Gasteiger partial charge in [-0.3, -0.25) is 9.59 Å². The maximum atomic E-state index is 13.5. The number of hydrogen-bond acceptors (Lipinski definition) is 4. The highest BCUT2D eigenvalue weighted by Crippen LogP contribution is 2.44. The van der Waals surface area contributed by atoms with Crippen molar-refractivity contribution in [2.75, 3.05) is 0 Å². The minimum Gasteiger partial charge on any atom is -0.284 e. The van der Waals surface area contributed by atoms with Crippen molar-refractivity contribution >= 4 is 75.3 Å². The summed E-state index contributed by atoms with van der Waals surface area (Å²) in [7, 11) is -3.76. The van der Waals surface area contributed by atoms with Gasteiger partial charge in [0.15, 0.2) is 0 Å². The Bertz CT molecular complexity index is 1000. The molecule has 0 saturated carbocycles. The number of hydrogen-bond donors (Lipinski definition) is 0. The van der Waals surface area contributed by atoms with E-state index in [1.165, 1.54) is 9.00 Å². The first-order valence-corrected chi connectivity index (χ1v) is 20.0. The summed E-state index contributed by atoms with van der Waals surface area (Å²) >= 11 is 6.81. The van der Waals surface area contributed by atoms with Gasteiger partial charge in [0.05, 0.1) is 9.75 Å². The molecule has 0 saturated heterocycles. The lowest BCUT2D eigenvalue weighted by Gasteiger charge is -2.42. The molecule has 2 nitrogen and oxygen atoms in total. The highest BCUT2D eigenvalue weighted by Gasteiger charge is 2.47. The zero-order chi connectivity index (χ0) is 27.0. The molecule has 0 atom stereocenters. The Labute approximate surface area is 232 Å². The maximum absolute atomic E-state index is 13.5. The lowest BCUT2D eigenvalue weighted by molar-refractivity contribution is 0.0821. The van der Waals surface area contributed by atoms with Crippen molar-refractivity contribution in [1.29, 1.82) is 0 Å². The van der Waals surface area contributed by atoms with Crippen molar-refractivity contribution in [2.45, 2.75) is 116 Å². The van der Waals surface area contributed by atoms with Crippen molar-refractivity contribution < 1.29 is 9.59 Å². The molecule has 2 aromatic heterocycles. The first-order valence-electron chi connectivity index (χ1n) is 13.1. The van der Waals surface area contributed by atoms with Crippen molar-refractivity contribution in [3.8, 4) is 0 Å². The van der Waals surface area contributed by atoms with Crippen molar-refractivity contribution in [3.05, 3.63) is 32.4 Å². The van der Waals surface area contributed by atoms with E-state index in [4.69, 9.17) is 0 Å². The molecule has 2 heterocycles. The normalized spacial score (nSPS) is 13.3. The maximum Gasteiger partial charge on any atom is 0.245 e. The largest absolute Gasteiger partial charge is 0.284 e. The predicted molar refractivity (Wildman–Crippen MR) is 166 cm³/mol. The fourth-order valence-electron chi connectivity index (χ4n) is 7.35. The first kappa shape index (κ1) is 30.9. The van der Waals surface area contributed by atoms with E-state index >= 15 is 0 Å². The topological polar surface area (TPSA) is 34.1 Å². The van der Waals surface area contributed by atoms with Crippen LogP contribution in [0.25, 0.3) is 0 Å². The van der Waals surface area contributed by atoms with Gasteiger partial charge in [-0.1, -0.05) is 89.2 Å². The van der Waals surface area contributed by atoms with Crippen LogP contribution < -0.4 is 9.00 Å². The molecule has 0 unspecified atom stereocenters. The van der Waals surface area contributed by atoms with Gasteiger partial charge < -0.3 is 0 Å². The molecule has 0 fully saturated rings. The Morgan fingerprint density at radius 1 is 0.629 bits per heavy atom. The van der Waals surface area contributed by atoms with Crippen LogP contribution >= 0.6 is 38.6 Å². The summed E-state index contributed by atoms with van der Waals surface area (Å²) in [5.74, 6) is -0.730. The van der Waals surface area contributed by atoms with Gasteiger partial charge in [0.25, 0.3) is 0 Å². The van der Waals surface area contributed by atoms with Crippen LogP contribution in [0.15, 0.2) is 22.7 Å². The van der Waals surface area contributed by atoms with Crippen LogP contribution in [0, 0.1) is 0 Å². The second kappa shape index (κ2) is 11.6. The number of thiophene rings is 2. The lowest BCUT2D eigenvalue weighted by Crippen LogP contribution is -2.54. The minimum absolute atomic E-state index is 0.361. The highest BCUT2D eigenvalue weighted by molar-refractivity contribution is 9.10. The molecular formula is C28H45BrO2S2Si2. The SMILES string of the molecule is CC(C)[Si](c1ccc(C(=O)C(=O)c2sc([Si](C(C)C)(C(C)C)C(C)C)cc2Br)s1)(C(C)C)C(C)C. The second-order valence-electron chi connectivity index (χ2n) is 11.9. The van der Waals surface area contributed by atoms with Crippen molar-refractivity contribution in [1.82, 2.24) is 0 Å². The standard InChI is InChI=1S/C28H45BrO2S2Si2/c1-16(2)34(17(3)4,18(5)6)24-14-13-23(32-24)26(30)27(31)28-22(29)15-25(33-28)35(19(7)8,20(9)10)21(11)12/h13-21H,1-12H3. The third-order valence-electron chi connectivity index (χ3n) is 8.51. The summed E-state index contributed by atoms with van der Waals surface area (Å²) in [5.41, 5.74) is 3.34. The van der Waals surface area contributed by atoms with Crippen molar-refractivity contribution in [3.63, 3.8) is 0 Å². The molecule has 0 radical (unpaired) electrons. The van der Waals surface area contributed by atoms with E-state index in [1.54, 1.807) is 22.7 Å². The quantitative estimate of drug-likeness (QED) is 0.144. The van der Waals surface area contributed by atoms with Gasteiger partial charge in [-0.25, -0.2) is 0 Å². The molecule has 0 amide bonds. The van der Waals surface area contributed by atoms with E-state index in [0.29, 0.717) is 43.0 Å². The van der Waals surface area contributed by atoms with Gasteiger partial charge >= 0.3 is 0 Å². The van der Waals surface area contributed by atoms with E-state index in [9.17, 15) is 9.59 Å². The Balaban J connectivity index is 2.53. The van der Waals surface area contributed by atoms with Gasteiger partial charge in [-0.05, 0) is 70.3 Å². The van der Waals surface area contributed by atoms with Crippen LogP contribution in [0.2, 0.25) is 33.2 Å². The Kier molecular flexibility index (Phi) is 10.2. The molecule has 0 spiro atoms. The predicted octanol–water partition coefficient (Wildman–Crippen LogP) is 9.41. The molecule has 0 aliphatic rings. The van der Waals surface area contributed by atoms with E-state index in [0.717, 1.165) is 4.47 Å². The zero-order valence-corrected chi connectivity index (χ0v) is 28.9. The van der Waals surface area contributed by atoms with Crippen LogP contribution in [0.3, 0.4) is 0 Å². The van der Waals surface area contributed by atoms with Crippen LogP contribution in [0.4, 0.5) is 0 Å². The summed E-state index contributed by atoms with van der Waals surface area (Å²) in [6.07, 6.45) is 0. The summed E-state index contributed by atoms with van der Waals surface area (Å²) in [5, 5.41) is 0. The third-order valence-corrected chi connectivity index (χ3v) is 27.5. The van der Waals surface area contributed by atoms with Gasteiger partial charge in [0, 0.05) is 4.47 Å². The zero-order valence-electron chi connectivity index (χ0n) is 23.7. The average molecular weight is 614 g/mol. The number of halogens is 1. The Morgan fingerprint density at radius 2 is 1.03 bits per heavy atom. The first-order chi connectivity index (χ1) is 16.1. The third kappa shape index (κ3) is 5.18. The average Bonchev–Trinajstić information content (AvgIpc) is 3.33. The van der Waals surface area contributed by atoms with Gasteiger partial charge in [-0.15, -0.1) is 22.7 Å². The summed E-state index contributed by atoms with van der Waals surface area (Å²) in [6, 6.07) is 6.22. The molecule has 7 heteroatoms. The minimum atomic E-state index is -1.90. The Hall–Kier alpha value is -0.346. The number of carbonyl (C=O) groups excluding carboxylic acids is 2. The van der Waals surface area contributed by atoms with Gasteiger partial charge in [-0.2, -0.15) is 0 Å². The molecule has 0 N–H and O–H groups in total. The lowest BCUT2D eigenvalue weighted by atomic mass is 10.2. The Morgan fingerprint density at radius 3 is 1.43 bits per heavy atom. The fraction of sp³-hybridized carbons (Fsp3) is 0.643. The van der Waals surface area contributed by atoms with Crippen molar-refractivity contribution in [2.24, 2.45) is 0 Å².